The Bertz CT molecular complexity index is 643. The van der Waals surface area contributed by atoms with Crippen molar-refractivity contribution in [1.82, 2.24) is 4.98 Å². The number of carbonyl (C=O) groups is 1. The molecule has 0 aliphatic carbocycles. The van der Waals surface area contributed by atoms with Gasteiger partial charge in [-0.25, -0.2) is 4.98 Å². The van der Waals surface area contributed by atoms with E-state index in [9.17, 15) is 4.79 Å². The molecule has 21 heavy (non-hydrogen) atoms. The van der Waals surface area contributed by atoms with Crippen LogP contribution < -0.4 is 15.8 Å². The quantitative estimate of drug-likeness (QED) is 0.849. The Hall–Kier alpha value is -1.79. The van der Waals surface area contributed by atoms with Crippen LogP contribution in [0.2, 0.25) is 5.02 Å². The largest absolute Gasteiger partial charge is 0.491 e. The van der Waals surface area contributed by atoms with Gasteiger partial charge in [-0.2, -0.15) is 0 Å². The van der Waals surface area contributed by atoms with Crippen LogP contribution in [0.3, 0.4) is 0 Å². The minimum atomic E-state index is -0.554. The molecule has 2 aromatic rings. The summed E-state index contributed by atoms with van der Waals surface area (Å²) in [6.07, 6.45) is 0. The van der Waals surface area contributed by atoms with Crippen molar-refractivity contribution in [1.29, 1.82) is 0 Å². The number of nitrogens with one attached hydrogen (secondary N) is 1. The highest BCUT2D eigenvalue weighted by Crippen LogP contribution is 2.32. The number of aromatic nitrogens is 1. The Labute approximate surface area is 132 Å². The van der Waals surface area contributed by atoms with E-state index < -0.39 is 5.91 Å². The number of nitrogens with zero attached hydrogens (tertiary/aromatic N) is 1. The molecule has 112 valence electrons. The van der Waals surface area contributed by atoms with Gasteiger partial charge in [0.15, 0.2) is 5.13 Å². The molecule has 1 heterocycles. The van der Waals surface area contributed by atoms with Crippen molar-refractivity contribution in [2.24, 2.45) is 11.7 Å². The normalized spacial score (nSPS) is 10.7. The topological polar surface area (TPSA) is 77.2 Å². The Morgan fingerprint density at radius 3 is 2.90 bits per heavy atom. The number of amides is 1. The number of hydrogen-bond donors (Lipinski definition) is 2. The van der Waals surface area contributed by atoms with Gasteiger partial charge in [0.2, 0.25) is 0 Å². The molecule has 2 rings (SSSR count). The summed E-state index contributed by atoms with van der Waals surface area (Å²) < 4.78 is 5.74. The predicted molar refractivity (Wildman–Crippen MR) is 85.7 cm³/mol. The molecule has 0 unspecified atom stereocenters. The molecule has 0 aliphatic heterocycles. The molecule has 3 N–H and O–H groups in total. The first-order valence-electron chi connectivity index (χ1n) is 6.40. The van der Waals surface area contributed by atoms with Crippen molar-refractivity contribution < 1.29 is 9.53 Å². The molecule has 0 fully saturated rings. The van der Waals surface area contributed by atoms with Crippen LogP contribution in [0.4, 0.5) is 10.8 Å². The highest BCUT2D eigenvalue weighted by Gasteiger charge is 2.10. The molecule has 0 saturated carbocycles. The van der Waals surface area contributed by atoms with E-state index in [1.165, 1.54) is 11.3 Å². The number of thiazole rings is 1. The maximum absolute atomic E-state index is 11.1. The van der Waals surface area contributed by atoms with E-state index in [1.54, 1.807) is 23.6 Å². The summed E-state index contributed by atoms with van der Waals surface area (Å²) in [5.41, 5.74) is 6.12. The van der Waals surface area contributed by atoms with Crippen LogP contribution in [0, 0.1) is 5.92 Å². The Kier molecular flexibility index (Phi) is 5.03. The zero-order valence-electron chi connectivity index (χ0n) is 11.7. The lowest BCUT2D eigenvalue weighted by Gasteiger charge is -2.13. The number of primary amides is 1. The van der Waals surface area contributed by atoms with E-state index in [4.69, 9.17) is 22.1 Å². The lowest BCUT2D eigenvalue weighted by molar-refractivity contribution is 0.0996. The second-order valence-corrected chi connectivity index (χ2v) is 6.17. The minimum absolute atomic E-state index is 0.231. The standard InChI is InChI=1S/C14H16ClN3O2S/c1-8(2)6-20-12-4-3-9(15)5-10(12)17-14-18-11(7-21-14)13(16)19/h3-5,7-8H,6H2,1-2H3,(H2,16,19)(H,17,18). The summed E-state index contributed by atoms with van der Waals surface area (Å²) in [5.74, 6) is 0.542. The fourth-order valence-corrected chi connectivity index (χ4v) is 2.43. The van der Waals surface area contributed by atoms with Crippen LogP contribution in [-0.2, 0) is 0 Å². The summed E-state index contributed by atoms with van der Waals surface area (Å²) in [6, 6.07) is 5.32. The number of ether oxygens (including phenoxy) is 1. The van der Waals surface area contributed by atoms with Crippen LogP contribution in [0.1, 0.15) is 24.3 Å². The third-order valence-electron chi connectivity index (χ3n) is 2.51. The zero-order chi connectivity index (χ0) is 15.4. The molecular weight excluding hydrogens is 310 g/mol. The number of carbonyl (C=O) groups excluding carboxylic acids is 1. The number of benzene rings is 1. The van der Waals surface area contributed by atoms with Crippen LogP contribution in [-0.4, -0.2) is 17.5 Å². The second kappa shape index (κ2) is 6.78. The predicted octanol–water partition coefficient (Wildman–Crippen LogP) is 3.67. The smallest absolute Gasteiger partial charge is 0.268 e. The zero-order valence-corrected chi connectivity index (χ0v) is 13.3. The van der Waals surface area contributed by atoms with Crippen LogP contribution >= 0.6 is 22.9 Å². The van der Waals surface area contributed by atoms with E-state index in [2.05, 4.69) is 24.1 Å². The molecule has 0 aliphatic rings. The van der Waals surface area contributed by atoms with Gasteiger partial charge in [0.05, 0.1) is 12.3 Å². The molecule has 1 aromatic carbocycles. The molecule has 0 radical (unpaired) electrons. The van der Waals surface area contributed by atoms with Crippen molar-refractivity contribution in [3.63, 3.8) is 0 Å². The van der Waals surface area contributed by atoms with E-state index in [-0.39, 0.29) is 5.69 Å². The fourth-order valence-electron chi connectivity index (χ4n) is 1.54. The average Bonchev–Trinajstić information content (AvgIpc) is 2.86. The van der Waals surface area contributed by atoms with E-state index in [0.717, 1.165) is 0 Å². The second-order valence-electron chi connectivity index (χ2n) is 4.87. The van der Waals surface area contributed by atoms with Gasteiger partial charge in [-0.3, -0.25) is 4.79 Å². The molecule has 0 atom stereocenters. The van der Waals surface area contributed by atoms with Gasteiger partial charge in [-0.05, 0) is 24.1 Å². The van der Waals surface area contributed by atoms with Gasteiger partial charge in [0.1, 0.15) is 11.4 Å². The Morgan fingerprint density at radius 1 is 1.52 bits per heavy atom. The fraction of sp³-hybridized carbons (Fsp3) is 0.286. The van der Waals surface area contributed by atoms with Crippen LogP contribution in [0.5, 0.6) is 5.75 Å². The van der Waals surface area contributed by atoms with Gasteiger partial charge in [0.25, 0.3) is 5.91 Å². The van der Waals surface area contributed by atoms with Crippen molar-refractivity contribution in [2.45, 2.75) is 13.8 Å². The number of rotatable bonds is 6. The maximum atomic E-state index is 11.1. The van der Waals surface area contributed by atoms with Crippen LogP contribution in [0.15, 0.2) is 23.6 Å². The van der Waals surface area contributed by atoms with Crippen molar-refractivity contribution >= 4 is 39.7 Å². The van der Waals surface area contributed by atoms with E-state index >= 15 is 0 Å². The Morgan fingerprint density at radius 2 is 2.29 bits per heavy atom. The van der Waals surface area contributed by atoms with Crippen LogP contribution in [0.25, 0.3) is 0 Å². The molecule has 0 bridgehead atoms. The molecule has 5 nitrogen and oxygen atoms in total. The first kappa shape index (κ1) is 15.6. The number of halogens is 1. The lowest BCUT2D eigenvalue weighted by atomic mass is 10.2. The molecule has 1 amide bonds. The van der Waals surface area contributed by atoms with Gasteiger partial charge in [0, 0.05) is 10.4 Å². The molecule has 0 spiro atoms. The Balaban J connectivity index is 2.20. The number of anilines is 2. The summed E-state index contributed by atoms with van der Waals surface area (Å²) >= 11 is 7.30. The number of nitrogens with two attached hydrogens (primary N) is 1. The van der Waals surface area contributed by atoms with Crippen molar-refractivity contribution in [3.8, 4) is 5.75 Å². The third kappa shape index (κ3) is 4.34. The monoisotopic (exact) mass is 325 g/mol. The van der Waals surface area contributed by atoms with E-state index in [1.807, 2.05) is 0 Å². The number of hydrogen-bond acceptors (Lipinski definition) is 5. The average molecular weight is 326 g/mol. The highest BCUT2D eigenvalue weighted by atomic mass is 35.5. The van der Waals surface area contributed by atoms with Gasteiger partial charge < -0.3 is 15.8 Å². The van der Waals surface area contributed by atoms with Crippen molar-refractivity contribution in [3.05, 3.63) is 34.3 Å². The van der Waals surface area contributed by atoms with Gasteiger partial charge in [-0.1, -0.05) is 25.4 Å². The highest BCUT2D eigenvalue weighted by molar-refractivity contribution is 7.14. The molecule has 7 heteroatoms. The minimum Gasteiger partial charge on any atom is -0.491 e. The maximum Gasteiger partial charge on any atom is 0.268 e. The SMILES string of the molecule is CC(C)COc1ccc(Cl)cc1Nc1nc(C(N)=O)cs1. The van der Waals surface area contributed by atoms with Gasteiger partial charge >= 0.3 is 0 Å². The first-order chi connectivity index (χ1) is 9.95. The first-order valence-corrected chi connectivity index (χ1v) is 7.66. The third-order valence-corrected chi connectivity index (χ3v) is 3.50. The van der Waals surface area contributed by atoms with Gasteiger partial charge in [-0.15, -0.1) is 11.3 Å². The summed E-state index contributed by atoms with van der Waals surface area (Å²) in [4.78, 5) is 15.2. The molecule has 1 aromatic heterocycles. The molecule has 0 saturated heterocycles. The van der Waals surface area contributed by atoms with E-state index in [0.29, 0.717) is 34.1 Å². The lowest BCUT2D eigenvalue weighted by Crippen LogP contribution is -2.11. The molecular formula is C14H16ClN3O2S. The summed E-state index contributed by atoms with van der Waals surface area (Å²) in [7, 11) is 0. The van der Waals surface area contributed by atoms with Crippen molar-refractivity contribution in [2.75, 3.05) is 11.9 Å². The summed E-state index contributed by atoms with van der Waals surface area (Å²) in [5, 5.41) is 5.84. The summed E-state index contributed by atoms with van der Waals surface area (Å²) in [6.45, 7) is 4.74.